The Kier molecular flexibility index (Phi) is 5.83. The highest BCUT2D eigenvalue weighted by Crippen LogP contribution is 2.22. The first-order valence-corrected chi connectivity index (χ1v) is 8.78. The molecule has 0 aliphatic rings. The van der Waals surface area contributed by atoms with E-state index in [2.05, 4.69) is 22.0 Å². The molecule has 0 spiro atoms. The van der Waals surface area contributed by atoms with Crippen molar-refractivity contribution in [3.05, 3.63) is 99.8 Å². The molecule has 0 saturated heterocycles. The smallest absolute Gasteiger partial charge is 0.123 e. The van der Waals surface area contributed by atoms with Crippen LogP contribution in [0.2, 0.25) is 0 Å². The van der Waals surface area contributed by atoms with Gasteiger partial charge in [-0.05, 0) is 59.2 Å². The largest absolute Gasteiger partial charge is 0.489 e. The standard InChI is InChI=1S/C22H15BrFNO/c23-20-7-5-18(6-8-20)19(14-25)13-16-3-11-22(12-4-16)26-15-17-1-9-21(24)10-2-17/h1-13H,15H2/b19-13-. The van der Waals surface area contributed by atoms with Crippen LogP contribution in [0.1, 0.15) is 16.7 Å². The number of benzene rings is 3. The molecule has 0 saturated carbocycles. The lowest BCUT2D eigenvalue weighted by atomic mass is 10.0. The summed E-state index contributed by atoms with van der Waals surface area (Å²) in [6.07, 6.45) is 1.84. The number of nitrogens with zero attached hydrogens (tertiary/aromatic N) is 1. The Morgan fingerprint density at radius 2 is 1.62 bits per heavy atom. The van der Waals surface area contributed by atoms with E-state index in [9.17, 15) is 9.65 Å². The van der Waals surface area contributed by atoms with E-state index in [1.54, 1.807) is 12.1 Å². The van der Waals surface area contributed by atoms with Gasteiger partial charge >= 0.3 is 0 Å². The number of ether oxygens (including phenoxy) is 1. The van der Waals surface area contributed by atoms with E-state index in [1.165, 1.54) is 12.1 Å². The summed E-state index contributed by atoms with van der Waals surface area (Å²) in [5, 5.41) is 9.41. The first kappa shape index (κ1) is 17.9. The van der Waals surface area contributed by atoms with E-state index >= 15 is 0 Å². The van der Waals surface area contributed by atoms with Gasteiger partial charge in [0.1, 0.15) is 18.2 Å². The normalized spacial score (nSPS) is 11.0. The highest BCUT2D eigenvalue weighted by molar-refractivity contribution is 9.10. The van der Waals surface area contributed by atoms with Crippen LogP contribution in [0.4, 0.5) is 4.39 Å². The molecule has 0 N–H and O–H groups in total. The number of rotatable bonds is 5. The van der Waals surface area contributed by atoms with Gasteiger partial charge in [-0.15, -0.1) is 0 Å². The van der Waals surface area contributed by atoms with Crippen LogP contribution in [0.15, 0.2) is 77.3 Å². The molecule has 0 unspecified atom stereocenters. The average Bonchev–Trinajstić information content (AvgIpc) is 2.67. The molecule has 0 aliphatic carbocycles. The second-order valence-electron chi connectivity index (χ2n) is 5.66. The van der Waals surface area contributed by atoms with Crippen molar-refractivity contribution in [1.82, 2.24) is 0 Å². The van der Waals surface area contributed by atoms with E-state index < -0.39 is 0 Å². The molecule has 26 heavy (non-hydrogen) atoms. The van der Waals surface area contributed by atoms with Crippen LogP contribution < -0.4 is 4.74 Å². The van der Waals surface area contributed by atoms with Gasteiger partial charge in [0.25, 0.3) is 0 Å². The molecule has 128 valence electrons. The lowest BCUT2D eigenvalue weighted by Gasteiger charge is -2.07. The number of nitriles is 1. The number of hydrogen-bond acceptors (Lipinski definition) is 2. The summed E-state index contributed by atoms with van der Waals surface area (Å²) in [6, 6.07) is 23.6. The van der Waals surface area contributed by atoms with E-state index in [0.717, 1.165) is 21.2 Å². The van der Waals surface area contributed by atoms with Gasteiger partial charge in [0, 0.05) is 4.47 Å². The van der Waals surface area contributed by atoms with Gasteiger partial charge < -0.3 is 4.74 Å². The minimum atomic E-state index is -0.260. The van der Waals surface area contributed by atoms with Gasteiger partial charge in [-0.25, -0.2) is 4.39 Å². The molecule has 0 fully saturated rings. The third-order valence-electron chi connectivity index (χ3n) is 3.79. The van der Waals surface area contributed by atoms with Gasteiger partial charge in [-0.1, -0.05) is 52.3 Å². The molecule has 0 atom stereocenters. The van der Waals surface area contributed by atoms with Crippen LogP contribution in [-0.4, -0.2) is 0 Å². The van der Waals surface area contributed by atoms with E-state index in [0.29, 0.717) is 17.9 Å². The zero-order valence-corrected chi connectivity index (χ0v) is 15.4. The maximum Gasteiger partial charge on any atom is 0.123 e. The summed E-state index contributed by atoms with van der Waals surface area (Å²) < 4.78 is 19.6. The van der Waals surface area contributed by atoms with Crippen LogP contribution in [-0.2, 0) is 6.61 Å². The lowest BCUT2D eigenvalue weighted by molar-refractivity contribution is 0.306. The Bertz CT molecular complexity index is 939. The molecule has 0 aromatic heterocycles. The fourth-order valence-corrected chi connectivity index (χ4v) is 2.65. The Balaban J connectivity index is 1.69. The minimum absolute atomic E-state index is 0.260. The van der Waals surface area contributed by atoms with Crippen LogP contribution >= 0.6 is 15.9 Å². The van der Waals surface area contributed by atoms with Gasteiger partial charge in [0.05, 0.1) is 11.6 Å². The van der Waals surface area contributed by atoms with Crippen molar-refractivity contribution in [3.8, 4) is 11.8 Å². The molecular formula is C22H15BrFNO. The van der Waals surface area contributed by atoms with Gasteiger partial charge in [-0.2, -0.15) is 5.26 Å². The molecule has 0 radical (unpaired) electrons. The van der Waals surface area contributed by atoms with Crippen molar-refractivity contribution >= 4 is 27.6 Å². The Morgan fingerprint density at radius 1 is 0.962 bits per heavy atom. The average molecular weight is 408 g/mol. The maximum atomic E-state index is 12.9. The summed E-state index contributed by atoms with van der Waals surface area (Å²) >= 11 is 3.39. The first-order chi connectivity index (χ1) is 12.6. The zero-order chi connectivity index (χ0) is 18.4. The molecule has 0 amide bonds. The first-order valence-electron chi connectivity index (χ1n) is 7.99. The topological polar surface area (TPSA) is 33.0 Å². The zero-order valence-electron chi connectivity index (χ0n) is 13.8. The Hall–Kier alpha value is -2.90. The minimum Gasteiger partial charge on any atom is -0.489 e. The van der Waals surface area contributed by atoms with E-state index in [1.807, 2.05) is 54.6 Å². The van der Waals surface area contributed by atoms with Crippen molar-refractivity contribution in [2.45, 2.75) is 6.61 Å². The highest BCUT2D eigenvalue weighted by Gasteiger charge is 2.02. The van der Waals surface area contributed by atoms with Crippen molar-refractivity contribution in [1.29, 1.82) is 5.26 Å². The molecule has 3 aromatic rings. The second-order valence-corrected chi connectivity index (χ2v) is 6.58. The van der Waals surface area contributed by atoms with Crippen molar-refractivity contribution in [3.63, 3.8) is 0 Å². The van der Waals surface area contributed by atoms with Crippen molar-refractivity contribution in [2.24, 2.45) is 0 Å². The quantitative estimate of drug-likeness (QED) is 0.370. The fraction of sp³-hybridized carbons (Fsp3) is 0.0455. The molecule has 0 heterocycles. The van der Waals surface area contributed by atoms with Gasteiger partial charge in [-0.3, -0.25) is 0 Å². The number of halogens is 2. The lowest BCUT2D eigenvalue weighted by Crippen LogP contribution is -1.95. The molecule has 0 aliphatic heterocycles. The predicted molar refractivity (Wildman–Crippen MR) is 105 cm³/mol. The van der Waals surface area contributed by atoms with Crippen LogP contribution in [0.3, 0.4) is 0 Å². The molecule has 4 heteroatoms. The van der Waals surface area contributed by atoms with Crippen LogP contribution in [0, 0.1) is 17.1 Å². The SMILES string of the molecule is N#C/C(=C/c1ccc(OCc2ccc(F)cc2)cc1)c1ccc(Br)cc1. The van der Waals surface area contributed by atoms with E-state index in [4.69, 9.17) is 4.74 Å². The predicted octanol–water partition coefficient (Wildman–Crippen LogP) is 6.23. The van der Waals surface area contributed by atoms with Crippen molar-refractivity contribution in [2.75, 3.05) is 0 Å². The Morgan fingerprint density at radius 3 is 2.23 bits per heavy atom. The van der Waals surface area contributed by atoms with Crippen molar-refractivity contribution < 1.29 is 9.13 Å². The third kappa shape index (κ3) is 4.81. The molecule has 3 aromatic carbocycles. The van der Waals surface area contributed by atoms with Crippen LogP contribution in [0.25, 0.3) is 11.6 Å². The van der Waals surface area contributed by atoms with Gasteiger partial charge in [0.15, 0.2) is 0 Å². The summed E-state index contributed by atoms with van der Waals surface area (Å²) in [5.74, 6) is 0.456. The summed E-state index contributed by atoms with van der Waals surface area (Å²) in [5.41, 5.74) is 3.28. The number of hydrogen-bond donors (Lipinski definition) is 0. The summed E-state index contributed by atoms with van der Waals surface area (Å²) in [6.45, 7) is 0.373. The second kappa shape index (κ2) is 8.46. The molecular weight excluding hydrogens is 393 g/mol. The Labute approximate surface area is 160 Å². The maximum absolute atomic E-state index is 12.9. The number of allylic oxidation sites excluding steroid dienone is 1. The van der Waals surface area contributed by atoms with Crippen LogP contribution in [0.5, 0.6) is 5.75 Å². The third-order valence-corrected chi connectivity index (χ3v) is 4.31. The monoisotopic (exact) mass is 407 g/mol. The molecule has 0 bridgehead atoms. The van der Waals surface area contributed by atoms with Gasteiger partial charge in [0.2, 0.25) is 0 Å². The molecule has 2 nitrogen and oxygen atoms in total. The fourth-order valence-electron chi connectivity index (χ4n) is 2.38. The molecule has 3 rings (SSSR count). The summed E-state index contributed by atoms with van der Waals surface area (Å²) in [4.78, 5) is 0. The van der Waals surface area contributed by atoms with E-state index in [-0.39, 0.29) is 5.82 Å². The summed E-state index contributed by atoms with van der Waals surface area (Å²) in [7, 11) is 0. The highest BCUT2D eigenvalue weighted by atomic mass is 79.9.